The van der Waals surface area contributed by atoms with Crippen molar-refractivity contribution in [1.29, 1.82) is 0 Å². The summed E-state index contributed by atoms with van der Waals surface area (Å²) in [4.78, 5) is 74.7. The summed E-state index contributed by atoms with van der Waals surface area (Å²) in [5.74, 6) is 1.30. The molecular formula is C49H66N12O4. The number of hydrogen-bond donors (Lipinski definition) is 5. The molecule has 65 heavy (non-hydrogen) atoms. The highest BCUT2D eigenvalue weighted by molar-refractivity contribution is 5.95. The molecule has 0 aliphatic carbocycles. The van der Waals surface area contributed by atoms with Crippen LogP contribution in [0.4, 0.5) is 23.3 Å². The van der Waals surface area contributed by atoms with Gasteiger partial charge >= 0.3 is 0 Å². The van der Waals surface area contributed by atoms with E-state index in [2.05, 4.69) is 36.2 Å². The molecule has 16 nitrogen and oxygen atoms in total. The maximum absolute atomic E-state index is 12.8. The molecule has 16 heteroatoms. The van der Waals surface area contributed by atoms with Gasteiger partial charge in [-0.05, 0) is 54.6 Å². The van der Waals surface area contributed by atoms with Gasteiger partial charge in [0.1, 0.15) is 23.3 Å². The van der Waals surface area contributed by atoms with Crippen LogP contribution in [0.5, 0.6) is 0 Å². The minimum atomic E-state index is -0.593. The van der Waals surface area contributed by atoms with E-state index in [0.717, 1.165) is 34.2 Å². The van der Waals surface area contributed by atoms with Crippen LogP contribution in [0.15, 0.2) is 78.9 Å². The topological polar surface area (TPSA) is 203 Å². The van der Waals surface area contributed by atoms with Crippen molar-refractivity contribution in [2.75, 3.05) is 21.3 Å². The largest absolute Gasteiger partial charge is 0.310 e. The Balaban J connectivity index is 1.42. The van der Waals surface area contributed by atoms with Crippen LogP contribution in [0.1, 0.15) is 117 Å². The highest BCUT2D eigenvalue weighted by Gasteiger charge is 2.25. The van der Waals surface area contributed by atoms with E-state index in [0.29, 0.717) is 62.5 Å². The lowest BCUT2D eigenvalue weighted by atomic mass is 9.96. The number of anilines is 4. The molecular weight excluding hydrogens is 821 g/mol. The quantitative estimate of drug-likeness (QED) is 0.0637. The van der Waals surface area contributed by atoms with Crippen LogP contribution in [-0.4, -0.2) is 63.6 Å². The van der Waals surface area contributed by atoms with Gasteiger partial charge in [0.15, 0.2) is 0 Å². The minimum absolute atomic E-state index is 0.136. The number of aromatic amines is 1. The van der Waals surface area contributed by atoms with Crippen molar-refractivity contribution >= 4 is 46.9 Å². The molecule has 0 aromatic carbocycles. The number of rotatable bonds is 16. The molecule has 5 aromatic rings. The highest BCUT2D eigenvalue weighted by atomic mass is 16.2. The fourth-order valence-electron chi connectivity index (χ4n) is 6.06. The normalized spacial score (nSPS) is 12.3. The van der Waals surface area contributed by atoms with Crippen LogP contribution in [-0.2, 0) is 58.4 Å². The van der Waals surface area contributed by atoms with E-state index in [9.17, 15) is 19.2 Å². The number of aromatic nitrogens is 6. The summed E-state index contributed by atoms with van der Waals surface area (Å²) in [6.07, 6.45) is 0. The number of carbonyl (C=O) groups excluding carboxylic acids is 4. The summed E-state index contributed by atoms with van der Waals surface area (Å²) in [7, 11) is 0. The Kier molecular flexibility index (Phi) is 15.7. The van der Waals surface area contributed by atoms with E-state index in [1.807, 2.05) is 138 Å². The first kappa shape index (κ1) is 49.6. The minimum Gasteiger partial charge on any atom is -0.310 e. The maximum Gasteiger partial charge on any atom is 0.230 e. The van der Waals surface area contributed by atoms with Gasteiger partial charge in [-0.1, -0.05) is 107 Å². The van der Waals surface area contributed by atoms with Crippen LogP contribution < -0.4 is 21.3 Å². The summed E-state index contributed by atoms with van der Waals surface area (Å²) in [5, 5.41) is 19.7. The van der Waals surface area contributed by atoms with Gasteiger partial charge in [0, 0.05) is 66.6 Å². The summed E-state index contributed by atoms with van der Waals surface area (Å²) >= 11 is 0. The molecule has 0 aliphatic heterocycles. The van der Waals surface area contributed by atoms with Crippen LogP contribution in [0.25, 0.3) is 0 Å². The molecule has 0 saturated heterocycles. The van der Waals surface area contributed by atoms with Crippen LogP contribution >= 0.6 is 0 Å². The Morgan fingerprint density at radius 2 is 0.677 bits per heavy atom. The lowest BCUT2D eigenvalue weighted by Gasteiger charge is -2.23. The predicted molar refractivity (Wildman–Crippen MR) is 254 cm³/mol. The number of nitrogens with one attached hydrogen (secondary N) is 5. The maximum atomic E-state index is 12.8. The van der Waals surface area contributed by atoms with Crippen LogP contribution in [0, 0.1) is 21.7 Å². The van der Waals surface area contributed by atoms with E-state index in [-0.39, 0.29) is 23.6 Å². The Bertz CT molecular complexity index is 2140. The zero-order valence-corrected chi connectivity index (χ0v) is 40.0. The van der Waals surface area contributed by atoms with Gasteiger partial charge in [-0.3, -0.25) is 34.1 Å². The summed E-state index contributed by atoms with van der Waals surface area (Å²) in [6.45, 7) is 24.7. The molecule has 0 unspecified atom stereocenters. The second-order valence-electron chi connectivity index (χ2n) is 20.5. The van der Waals surface area contributed by atoms with Crippen LogP contribution in [0.3, 0.4) is 0 Å². The number of pyridine rings is 4. The predicted octanol–water partition coefficient (Wildman–Crippen LogP) is 8.33. The summed E-state index contributed by atoms with van der Waals surface area (Å²) in [6, 6.07) is 24.2. The van der Waals surface area contributed by atoms with Gasteiger partial charge in [0.05, 0.1) is 28.5 Å². The van der Waals surface area contributed by atoms with E-state index >= 15 is 0 Å². The van der Waals surface area contributed by atoms with Crippen molar-refractivity contribution < 1.29 is 19.2 Å². The van der Waals surface area contributed by atoms with Gasteiger partial charge < -0.3 is 21.3 Å². The third-order valence-corrected chi connectivity index (χ3v) is 9.92. The number of amides is 4. The first-order valence-electron chi connectivity index (χ1n) is 21.9. The van der Waals surface area contributed by atoms with E-state index in [4.69, 9.17) is 25.0 Å². The van der Waals surface area contributed by atoms with Gasteiger partial charge in [-0.15, -0.1) is 0 Å². The second kappa shape index (κ2) is 20.6. The molecule has 0 fully saturated rings. The molecule has 0 bridgehead atoms. The molecule has 5 aromatic heterocycles. The first-order chi connectivity index (χ1) is 30.3. The summed E-state index contributed by atoms with van der Waals surface area (Å²) < 4.78 is 0. The monoisotopic (exact) mass is 887 g/mol. The first-order valence-corrected chi connectivity index (χ1v) is 21.9. The molecule has 0 radical (unpaired) electrons. The van der Waals surface area contributed by atoms with Crippen molar-refractivity contribution in [2.45, 2.75) is 122 Å². The molecule has 0 saturated carbocycles. The van der Waals surface area contributed by atoms with E-state index < -0.39 is 21.7 Å². The smallest absolute Gasteiger partial charge is 0.230 e. The second-order valence-corrected chi connectivity index (χ2v) is 20.5. The highest BCUT2D eigenvalue weighted by Crippen LogP contribution is 2.23. The fraction of sp³-hybridized carbons (Fsp3) is 0.449. The zero-order valence-electron chi connectivity index (χ0n) is 40.0. The number of H-pyrrole nitrogens is 1. The van der Waals surface area contributed by atoms with Gasteiger partial charge in [-0.25, -0.2) is 19.9 Å². The van der Waals surface area contributed by atoms with Crippen molar-refractivity contribution in [1.82, 2.24) is 39.9 Å². The number of carbonyl (C=O) groups is 4. The molecule has 0 atom stereocenters. The molecule has 346 valence electrons. The Hall–Kier alpha value is -6.39. The number of nitrogens with zero attached hydrogens (tertiary/aromatic N) is 7. The lowest BCUT2D eigenvalue weighted by Crippen LogP contribution is -2.29. The molecule has 5 heterocycles. The van der Waals surface area contributed by atoms with Crippen LogP contribution in [0.2, 0.25) is 0 Å². The van der Waals surface area contributed by atoms with Crippen molar-refractivity contribution in [3.63, 3.8) is 0 Å². The molecule has 5 N–H and O–H groups in total. The number of hydrogen-bond acceptors (Lipinski definition) is 11. The van der Waals surface area contributed by atoms with Gasteiger partial charge in [0.25, 0.3) is 0 Å². The lowest BCUT2D eigenvalue weighted by molar-refractivity contribution is -0.123. The molecule has 0 aliphatic rings. The van der Waals surface area contributed by atoms with Crippen molar-refractivity contribution in [3.05, 3.63) is 113 Å². The molecule has 5 rings (SSSR count). The van der Waals surface area contributed by atoms with E-state index in [1.165, 1.54) is 0 Å². The fourth-order valence-corrected chi connectivity index (χ4v) is 6.06. The average molecular weight is 887 g/mol. The zero-order chi connectivity index (χ0) is 47.7. The third kappa shape index (κ3) is 15.7. The van der Waals surface area contributed by atoms with Gasteiger partial charge in [-0.2, -0.15) is 5.10 Å². The molecule has 4 amide bonds. The Morgan fingerprint density at radius 1 is 0.415 bits per heavy atom. The third-order valence-electron chi connectivity index (χ3n) is 9.92. The summed E-state index contributed by atoms with van der Waals surface area (Å²) in [5.41, 5.74) is 2.18. The SMILES string of the molecule is CC(C)(C)C(=O)Nc1cccc(CN(Cc2cc(CN(Cc3cccc(NC(=O)C(C)(C)C)n3)Cc3cccc(NC(=O)C(C)(C)C)n3)[nH]n2)Cc2cccc(NC(=O)C(C)(C)C)n2)n1. The van der Waals surface area contributed by atoms with Crippen molar-refractivity contribution in [2.24, 2.45) is 21.7 Å². The van der Waals surface area contributed by atoms with Gasteiger partial charge in [0.2, 0.25) is 23.6 Å². The Labute approximate surface area is 383 Å². The van der Waals surface area contributed by atoms with Crippen molar-refractivity contribution in [3.8, 4) is 0 Å². The standard InChI is InChI=1S/C49H66N12O4/c1-46(2,3)42(62)54-38-21-13-17-32(50-38)26-60(27-33-18-14-22-39(51-33)55-43(63)47(4,5)6)30-36-25-37(59-58-36)31-61(28-34-19-15-23-40(52-34)56-44(64)48(7,8)9)29-35-20-16-24-41(53-35)57-45(65)49(10,11)12/h13-25H,26-31H2,1-12H3,(H,58,59)(H,50,54,62)(H,51,55,63)(H,52,56,64)(H,53,57,65). The molecule has 0 spiro atoms. The Morgan fingerprint density at radius 3 is 0.954 bits per heavy atom. The van der Waals surface area contributed by atoms with E-state index in [1.54, 1.807) is 24.3 Å². The average Bonchev–Trinajstić information content (AvgIpc) is 3.63.